The van der Waals surface area contributed by atoms with Gasteiger partial charge in [0.05, 0.1) is 69.6 Å². The van der Waals surface area contributed by atoms with Crippen molar-refractivity contribution in [3.8, 4) is 0 Å². The van der Waals surface area contributed by atoms with Crippen molar-refractivity contribution in [2.75, 3.05) is 0 Å². The second-order valence-electron chi connectivity index (χ2n) is 13.4. The number of hydrogen-bond donors (Lipinski definition) is 6. The third kappa shape index (κ3) is 9.46. The number of aromatic nitrogens is 6. The lowest BCUT2D eigenvalue weighted by molar-refractivity contribution is 0.0570. The van der Waals surface area contributed by atoms with Gasteiger partial charge in [0.1, 0.15) is 0 Å². The minimum Gasteiger partial charge on any atom is -0.345 e. The fourth-order valence-electron chi connectivity index (χ4n) is 6.81. The molecule has 0 saturated heterocycles. The highest BCUT2D eigenvalue weighted by Crippen LogP contribution is 2.26. The molecular formula is C42H36N12O6. The van der Waals surface area contributed by atoms with Gasteiger partial charge in [-0.05, 0) is 72.8 Å². The lowest BCUT2D eigenvalue weighted by Gasteiger charge is -2.52. The van der Waals surface area contributed by atoms with Crippen LogP contribution in [0.3, 0.4) is 0 Å². The van der Waals surface area contributed by atoms with E-state index in [-0.39, 0.29) is 33.4 Å². The summed E-state index contributed by atoms with van der Waals surface area (Å²) in [5.41, 5.74) is 0.700. The normalized spacial score (nSPS) is 19.4. The van der Waals surface area contributed by atoms with Crippen LogP contribution < -0.4 is 31.9 Å². The molecule has 7 rings (SSSR count). The van der Waals surface area contributed by atoms with Crippen molar-refractivity contribution in [2.24, 2.45) is 0 Å². The molecule has 1 saturated carbocycles. The van der Waals surface area contributed by atoms with Crippen molar-refractivity contribution in [1.29, 1.82) is 0 Å². The molecule has 6 heterocycles. The van der Waals surface area contributed by atoms with E-state index < -0.39 is 71.7 Å². The molecule has 0 bridgehead atoms. The molecule has 0 aliphatic heterocycles. The van der Waals surface area contributed by atoms with Crippen molar-refractivity contribution in [3.63, 3.8) is 0 Å². The first-order valence-electron chi connectivity index (χ1n) is 18.5. The standard InChI is InChI=1S/C42H36N12O6/c55-37(25-7-1-13-43-19-25)49-31-32(50-38(56)26-8-2-14-44-20-26)34(52-40(58)28-10-4-16-46-22-28)36(54-42(60)30-12-6-18-48-24-30)35(53-41(59)29-11-5-17-47-23-29)33(31)51-39(57)27-9-3-15-45-21-27/h1-24,31-36H,(H,49,55)(H,50,56)(H,51,57)(H,52,58)(H,53,59)(H,54,60). The second kappa shape index (κ2) is 18.8. The van der Waals surface area contributed by atoms with Gasteiger partial charge in [-0.25, -0.2) is 0 Å². The first-order chi connectivity index (χ1) is 29.3. The van der Waals surface area contributed by atoms with Crippen LogP contribution in [0.1, 0.15) is 62.1 Å². The van der Waals surface area contributed by atoms with E-state index in [4.69, 9.17) is 0 Å². The first-order valence-corrected chi connectivity index (χ1v) is 18.5. The van der Waals surface area contributed by atoms with E-state index in [0.29, 0.717) is 0 Å². The summed E-state index contributed by atoms with van der Waals surface area (Å²) in [4.78, 5) is 110. The molecule has 0 unspecified atom stereocenters. The van der Waals surface area contributed by atoms with Crippen molar-refractivity contribution >= 4 is 35.4 Å². The molecule has 0 atom stereocenters. The number of hydrogen-bond acceptors (Lipinski definition) is 12. The van der Waals surface area contributed by atoms with E-state index in [1.165, 1.54) is 111 Å². The molecule has 6 aromatic heterocycles. The van der Waals surface area contributed by atoms with E-state index in [1.807, 2.05) is 0 Å². The molecule has 300 valence electrons. The van der Waals surface area contributed by atoms with Gasteiger partial charge in [0, 0.05) is 74.4 Å². The quantitative estimate of drug-likeness (QED) is 0.102. The maximum atomic E-state index is 14.2. The molecule has 6 amide bonds. The monoisotopic (exact) mass is 804 g/mol. The van der Waals surface area contributed by atoms with Crippen molar-refractivity contribution in [1.82, 2.24) is 61.8 Å². The van der Waals surface area contributed by atoms with Crippen LogP contribution in [-0.2, 0) is 0 Å². The smallest absolute Gasteiger partial charge is 0.253 e. The summed E-state index contributed by atoms with van der Waals surface area (Å²) in [6, 6.07) is 10.2. The molecule has 18 nitrogen and oxygen atoms in total. The minimum absolute atomic E-state index is 0.117. The summed E-state index contributed by atoms with van der Waals surface area (Å²) in [6.07, 6.45) is 16.8. The van der Waals surface area contributed by atoms with Gasteiger partial charge in [-0.1, -0.05) is 0 Å². The third-order valence-electron chi connectivity index (χ3n) is 9.65. The molecule has 0 radical (unpaired) electrons. The zero-order valence-electron chi connectivity index (χ0n) is 31.5. The molecule has 18 heteroatoms. The summed E-state index contributed by atoms with van der Waals surface area (Å²) < 4.78 is 0. The van der Waals surface area contributed by atoms with E-state index in [2.05, 4.69) is 61.8 Å². The zero-order chi connectivity index (χ0) is 41.8. The summed E-state index contributed by atoms with van der Waals surface area (Å²) in [6.45, 7) is 0. The largest absolute Gasteiger partial charge is 0.345 e. The van der Waals surface area contributed by atoms with Gasteiger partial charge in [0.25, 0.3) is 35.4 Å². The van der Waals surface area contributed by atoms with E-state index in [1.54, 1.807) is 36.4 Å². The molecule has 1 aliphatic carbocycles. The Bertz CT molecular complexity index is 1980. The van der Waals surface area contributed by atoms with Gasteiger partial charge in [-0.15, -0.1) is 0 Å². The Morgan fingerprint density at radius 3 is 0.550 bits per heavy atom. The van der Waals surface area contributed by atoms with Crippen LogP contribution in [0.5, 0.6) is 0 Å². The fraction of sp³-hybridized carbons (Fsp3) is 0.143. The SMILES string of the molecule is O=C(NC1C(NC(=O)c2cccnc2)C(NC(=O)c2cccnc2)C(NC(=O)c2cccnc2)C(NC(=O)c2cccnc2)C1NC(=O)c1cccnc1)c1cccnc1. The molecule has 1 aliphatic rings. The van der Waals surface area contributed by atoms with Crippen LogP contribution in [-0.4, -0.2) is 102 Å². The van der Waals surface area contributed by atoms with E-state index in [0.717, 1.165) is 0 Å². The summed E-state index contributed by atoms with van der Waals surface area (Å²) in [7, 11) is 0. The molecule has 0 spiro atoms. The Morgan fingerprint density at radius 1 is 0.283 bits per heavy atom. The van der Waals surface area contributed by atoms with Crippen molar-refractivity contribution < 1.29 is 28.8 Å². The maximum absolute atomic E-state index is 14.2. The summed E-state index contributed by atoms with van der Waals surface area (Å²) in [5.74, 6) is -4.07. The predicted molar refractivity (Wildman–Crippen MR) is 213 cm³/mol. The van der Waals surface area contributed by atoms with E-state index >= 15 is 0 Å². The Morgan fingerprint density at radius 2 is 0.433 bits per heavy atom. The highest BCUT2D eigenvalue weighted by atomic mass is 16.2. The number of carbonyl (C=O) groups is 6. The highest BCUT2D eigenvalue weighted by molar-refractivity contribution is 5.99. The molecule has 6 aromatic rings. The van der Waals surface area contributed by atoms with Gasteiger partial charge in [-0.2, -0.15) is 0 Å². The lowest BCUT2D eigenvalue weighted by Crippen LogP contribution is -2.82. The van der Waals surface area contributed by atoms with Crippen molar-refractivity contribution in [2.45, 2.75) is 36.3 Å². The predicted octanol–water partition coefficient (Wildman–Crippen LogP) is 1.16. The number of nitrogens with zero attached hydrogens (tertiary/aromatic N) is 6. The minimum atomic E-state index is -1.36. The Hall–Kier alpha value is -8.28. The topological polar surface area (TPSA) is 252 Å². The van der Waals surface area contributed by atoms with Crippen molar-refractivity contribution in [3.05, 3.63) is 181 Å². The van der Waals surface area contributed by atoms with Crippen LogP contribution in [0.4, 0.5) is 0 Å². The first kappa shape index (κ1) is 39.9. The van der Waals surface area contributed by atoms with Crippen LogP contribution in [0, 0.1) is 0 Å². The molecular weight excluding hydrogens is 769 g/mol. The van der Waals surface area contributed by atoms with Crippen LogP contribution in [0.25, 0.3) is 0 Å². The molecule has 0 aromatic carbocycles. The number of pyridine rings is 6. The van der Waals surface area contributed by atoms with Gasteiger partial charge in [-0.3, -0.25) is 58.7 Å². The molecule has 6 N–H and O–H groups in total. The van der Waals surface area contributed by atoms with Crippen LogP contribution in [0.15, 0.2) is 147 Å². The fourth-order valence-corrected chi connectivity index (χ4v) is 6.81. The Balaban J connectivity index is 1.43. The van der Waals surface area contributed by atoms with E-state index in [9.17, 15) is 28.8 Å². The number of nitrogens with one attached hydrogen (secondary N) is 6. The second-order valence-corrected chi connectivity index (χ2v) is 13.4. The Kier molecular flexibility index (Phi) is 12.5. The van der Waals surface area contributed by atoms with Crippen LogP contribution >= 0.6 is 0 Å². The number of rotatable bonds is 12. The van der Waals surface area contributed by atoms with Gasteiger partial charge in [0.15, 0.2) is 0 Å². The Labute approximate surface area is 342 Å². The molecule has 1 fully saturated rings. The van der Waals surface area contributed by atoms with Gasteiger partial charge >= 0.3 is 0 Å². The average Bonchev–Trinajstić information content (AvgIpc) is 3.31. The summed E-state index contributed by atoms with van der Waals surface area (Å²) in [5, 5.41) is 17.7. The number of amides is 6. The third-order valence-corrected chi connectivity index (χ3v) is 9.65. The summed E-state index contributed by atoms with van der Waals surface area (Å²) >= 11 is 0. The van der Waals surface area contributed by atoms with Gasteiger partial charge in [0.2, 0.25) is 0 Å². The van der Waals surface area contributed by atoms with Gasteiger partial charge < -0.3 is 31.9 Å². The number of carbonyl (C=O) groups excluding carboxylic acids is 6. The molecule has 60 heavy (non-hydrogen) atoms. The lowest BCUT2D eigenvalue weighted by atomic mass is 9.74. The zero-order valence-corrected chi connectivity index (χ0v) is 31.5. The maximum Gasteiger partial charge on any atom is 0.253 e. The highest BCUT2D eigenvalue weighted by Gasteiger charge is 2.54. The van der Waals surface area contributed by atoms with Crippen LogP contribution in [0.2, 0.25) is 0 Å². The average molecular weight is 805 g/mol.